The van der Waals surface area contributed by atoms with E-state index in [9.17, 15) is 9.59 Å². The molecule has 0 aliphatic heterocycles. The van der Waals surface area contributed by atoms with Crippen LogP contribution in [0, 0.1) is 0 Å². The highest BCUT2D eigenvalue weighted by molar-refractivity contribution is 5.96. The highest BCUT2D eigenvalue weighted by Crippen LogP contribution is 2.49. The van der Waals surface area contributed by atoms with Gasteiger partial charge in [-0.1, -0.05) is 60.7 Å². The Balaban J connectivity index is 1.37. The zero-order valence-electron chi connectivity index (χ0n) is 14.3. The number of esters is 1. The Labute approximate surface area is 151 Å². The maximum absolute atomic E-state index is 12.5. The molecule has 4 nitrogen and oxygen atoms in total. The number of benzene rings is 3. The van der Waals surface area contributed by atoms with E-state index in [1.807, 2.05) is 72.8 Å². The van der Waals surface area contributed by atoms with Gasteiger partial charge in [0.15, 0.2) is 6.61 Å². The molecule has 0 atom stereocenters. The third-order valence-electron chi connectivity index (χ3n) is 4.83. The summed E-state index contributed by atoms with van der Waals surface area (Å²) in [5.41, 5.74) is 1.08. The Kier molecular flexibility index (Phi) is 4.17. The van der Waals surface area contributed by atoms with Crippen molar-refractivity contribution in [2.45, 2.75) is 18.3 Å². The molecule has 0 aromatic heterocycles. The lowest BCUT2D eigenvalue weighted by molar-refractivity contribution is -0.150. The number of amides is 1. The summed E-state index contributed by atoms with van der Waals surface area (Å²) >= 11 is 0. The molecule has 0 saturated heterocycles. The van der Waals surface area contributed by atoms with E-state index in [1.54, 1.807) is 0 Å². The molecule has 4 heteroatoms. The van der Waals surface area contributed by atoms with Gasteiger partial charge in [0.1, 0.15) is 0 Å². The Morgan fingerprint density at radius 2 is 1.58 bits per heavy atom. The van der Waals surface area contributed by atoms with Gasteiger partial charge in [-0.15, -0.1) is 0 Å². The van der Waals surface area contributed by atoms with E-state index in [1.165, 1.54) is 0 Å². The number of ether oxygens (including phenoxy) is 1. The average molecular weight is 345 g/mol. The third kappa shape index (κ3) is 3.18. The predicted molar refractivity (Wildman–Crippen MR) is 101 cm³/mol. The highest BCUT2D eigenvalue weighted by Gasteiger charge is 2.52. The van der Waals surface area contributed by atoms with Gasteiger partial charge in [-0.25, -0.2) is 0 Å². The average Bonchev–Trinajstić information content (AvgIpc) is 3.49. The maximum atomic E-state index is 12.5. The van der Waals surface area contributed by atoms with Crippen molar-refractivity contribution in [1.82, 2.24) is 0 Å². The van der Waals surface area contributed by atoms with E-state index in [4.69, 9.17) is 4.74 Å². The molecule has 1 amide bonds. The molecular formula is C22H19NO3. The topological polar surface area (TPSA) is 55.4 Å². The van der Waals surface area contributed by atoms with Crippen LogP contribution >= 0.6 is 0 Å². The van der Waals surface area contributed by atoms with E-state index >= 15 is 0 Å². The lowest BCUT2D eigenvalue weighted by atomic mass is 9.96. The summed E-state index contributed by atoms with van der Waals surface area (Å²) in [6.45, 7) is -0.278. The fourth-order valence-corrected chi connectivity index (χ4v) is 3.23. The summed E-state index contributed by atoms with van der Waals surface area (Å²) in [7, 11) is 0. The van der Waals surface area contributed by atoms with Crippen molar-refractivity contribution < 1.29 is 14.3 Å². The molecule has 4 rings (SSSR count). The largest absolute Gasteiger partial charge is 0.455 e. The van der Waals surface area contributed by atoms with Gasteiger partial charge < -0.3 is 10.1 Å². The molecule has 1 fully saturated rings. The molecule has 130 valence electrons. The summed E-state index contributed by atoms with van der Waals surface area (Å²) in [5, 5.41) is 4.94. The van der Waals surface area contributed by atoms with Crippen molar-refractivity contribution in [3.8, 4) is 0 Å². The molecule has 3 aromatic rings. The third-order valence-corrected chi connectivity index (χ3v) is 4.83. The van der Waals surface area contributed by atoms with Crippen LogP contribution in [0.2, 0.25) is 0 Å². The van der Waals surface area contributed by atoms with Gasteiger partial charge in [0.2, 0.25) is 0 Å². The summed E-state index contributed by atoms with van der Waals surface area (Å²) in [6, 6.07) is 23.2. The monoisotopic (exact) mass is 345 g/mol. The molecule has 1 aliphatic carbocycles. The van der Waals surface area contributed by atoms with Crippen LogP contribution in [-0.4, -0.2) is 18.5 Å². The number of fused-ring (bicyclic) bond motifs is 1. The standard InChI is InChI=1S/C22H19NO3/c24-20(23-19-11-10-16-6-4-5-7-17(16)14-19)15-26-21(25)22(12-13-22)18-8-2-1-3-9-18/h1-11,14H,12-13,15H2,(H,23,24). The first-order chi connectivity index (χ1) is 12.7. The smallest absolute Gasteiger partial charge is 0.317 e. The number of carbonyl (C=O) groups excluding carboxylic acids is 2. The number of hydrogen-bond acceptors (Lipinski definition) is 3. The van der Waals surface area contributed by atoms with E-state index in [0.29, 0.717) is 5.69 Å². The SMILES string of the molecule is O=C(COC(=O)C1(c2ccccc2)CC1)Nc1ccc2ccccc2c1. The quantitative estimate of drug-likeness (QED) is 0.710. The van der Waals surface area contributed by atoms with Crippen LogP contribution < -0.4 is 5.32 Å². The molecule has 0 spiro atoms. The second kappa shape index (κ2) is 6.64. The Morgan fingerprint density at radius 3 is 2.31 bits per heavy atom. The second-order valence-electron chi connectivity index (χ2n) is 6.63. The molecule has 1 aliphatic rings. The van der Waals surface area contributed by atoms with Crippen molar-refractivity contribution in [2.75, 3.05) is 11.9 Å². The Bertz CT molecular complexity index is 961. The molecular weight excluding hydrogens is 326 g/mol. The molecule has 3 aromatic carbocycles. The molecule has 1 N–H and O–H groups in total. The van der Waals surface area contributed by atoms with Crippen LogP contribution in [0.1, 0.15) is 18.4 Å². The number of nitrogens with one attached hydrogen (secondary N) is 1. The van der Waals surface area contributed by atoms with Gasteiger partial charge >= 0.3 is 5.97 Å². The lowest BCUT2D eigenvalue weighted by Gasteiger charge is -2.14. The zero-order valence-corrected chi connectivity index (χ0v) is 14.3. The lowest BCUT2D eigenvalue weighted by Crippen LogP contribution is -2.28. The molecule has 26 heavy (non-hydrogen) atoms. The first-order valence-corrected chi connectivity index (χ1v) is 8.69. The minimum atomic E-state index is -0.565. The summed E-state index contributed by atoms with van der Waals surface area (Å²) in [4.78, 5) is 24.6. The number of anilines is 1. The van der Waals surface area contributed by atoms with Crippen molar-refractivity contribution in [2.24, 2.45) is 0 Å². The Hall–Kier alpha value is -3.14. The Morgan fingerprint density at radius 1 is 0.885 bits per heavy atom. The van der Waals surface area contributed by atoms with Crippen LogP contribution in [0.5, 0.6) is 0 Å². The molecule has 0 heterocycles. The van der Waals surface area contributed by atoms with Crippen LogP contribution in [0.4, 0.5) is 5.69 Å². The van der Waals surface area contributed by atoms with Gasteiger partial charge in [-0.2, -0.15) is 0 Å². The van der Waals surface area contributed by atoms with E-state index in [-0.39, 0.29) is 18.5 Å². The van der Waals surface area contributed by atoms with Crippen LogP contribution in [0.25, 0.3) is 10.8 Å². The van der Waals surface area contributed by atoms with Crippen LogP contribution in [0.3, 0.4) is 0 Å². The highest BCUT2D eigenvalue weighted by atomic mass is 16.5. The molecule has 1 saturated carbocycles. The number of carbonyl (C=O) groups is 2. The van der Waals surface area contributed by atoms with Gasteiger partial charge in [-0.05, 0) is 41.3 Å². The molecule has 0 radical (unpaired) electrons. The van der Waals surface area contributed by atoms with Crippen LogP contribution in [0.15, 0.2) is 72.8 Å². The van der Waals surface area contributed by atoms with Crippen molar-refractivity contribution in [3.05, 3.63) is 78.4 Å². The normalized spacial score (nSPS) is 14.6. The summed E-state index contributed by atoms with van der Waals surface area (Å²) in [6.07, 6.45) is 1.53. The molecule has 0 bridgehead atoms. The van der Waals surface area contributed by atoms with Crippen molar-refractivity contribution in [3.63, 3.8) is 0 Å². The van der Waals surface area contributed by atoms with E-state index in [2.05, 4.69) is 5.32 Å². The van der Waals surface area contributed by atoms with Gasteiger partial charge in [0, 0.05) is 5.69 Å². The van der Waals surface area contributed by atoms with E-state index in [0.717, 1.165) is 29.2 Å². The molecule has 0 unspecified atom stereocenters. The first-order valence-electron chi connectivity index (χ1n) is 8.69. The van der Waals surface area contributed by atoms with Crippen molar-refractivity contribution >= 4 is 28.3 Å². The maximum Gasteiger partial charge on any atom is 0.317 e. The minimum absolute atomic E-state index is 0.278. The summed E-state index contributed by atoms with van der Waals surface area (Å²) in [5.74, 6) is -0.658. The van der Waals surface area contributed by atoms with Crippen molar-refractivity contribution in [1.29, 1.82) is 0 Å². The predicted octanol–water partition coefficient (Wildman–Crippen LogP) is 4.05. The van der Waals surface area contributed by atoms with Crippen LogP contribution in [-0.2, 0) is 19.7 Å². The zero-order chi connectivity index (χ0) is 18.0. The fourth-order valence-electron chi connectivity index (χ4n) is 3.23. The number of rotatable bonds is 5. The first kappa shape index (κ1) is 16.3. The van der Waals surface area contributed by atoms with Gasteiger partial charge in [0.05, 0.1) is 5.41 Å². The second-order valence-corrected chi connectivity index (χ2v) is 6.63. The fraction of sp³-hybridized carbons (Fsp3) is 0.182. The van der Waals surface area contributed by atoms with Gasteiger partial charge in [-0.3, -0.25) is 9.59 Å². The number of hydrogen-bond donors (Lipinski definition) is 1. The summed E-state index contributed by atoms with van der Waals surface area (Å²) < 4.78 is 5.29. The van der Waals surface area contributed by atoms with Gasteiger partial charge in [0.25, 0.3) is 5.91 Å². The minimum Gasteiger partial charge on any atom is -0.455 e. The van der Waals surface area contributed by atoms with E-state index < -0.39 is 5.41 Å².